The zero-order valence-corrected chi connectivity index (χ0v) is 15.8. The smallest absolute Gasteiger partial charge is 0.324 e. The molecular formula is C9H23O6P5. The minimum Gasteiger partial charge on any atom is -0.324 e. The first kappa shape index (κ1) is 19.6. The van der Waals surface area contributed by atoms with Gasteiger partial charge in [-0.05, 0) is 37.5 Å². The lowest BCUT2D eigenvalue weighted by Gasteiger charge is -2.25. The molecular weight excluding hydrogens is 359 g/mol. The van der Waals surface area contributed by atoms with Gasteiger partial charge in [0.2, 0.25) is 0 Å². The maximum atomic E-state index is 10.3. The fourth-order valence-electron chi connectivity index (χ4n) is 1.55. The molecule has 4 N–H and O–H groups in total. The van der Waals surface area contributed by atoms with Crippen LogP contribution in [0.2, 0.25) is 0 Å². The van der Waals surface area contributed by atoms with E-state index in [1.54, 1.807) is 24.6 Å². The van der Waals surface area contributed by atoms with Crippen molar-refractivity contribution in [2.75, 3.05) is 37.0 Å². The van der Waals surface area contributed by atoms with Gasteiger partial charge in [-0.15, -0.1) is 0 Å². The van der Waals surface area contributed by atoms with E-state index in [0.29, 0.717) is 19.3 Å². The minimum absolute atomic E-state index is 0.214. The Morgan fingerprint density at radius 2 is 1.30 bits per heavy atom. The summed E-state index contributed by atoms with van der Waals surface area (Å²) < 4.78 is 20.7. The van der Waals surface area contributed by atoms with E-state index in [4.69, 9.17) is 19.6 Å². The molecule has 0 aromatic rings. The molecule has 2 unspecified atom stereocenters. The van der Waals surface area contributed by atoms with Gasteiger partial charge in [0.1, 0.15) is 0 Å². The lowest BCUT2D eigenvalue weighted by atomic mass is 10.3. The lowest BCUT2D eigenvalue weighted by molar-refractivity contribution is 0.369. The average Bonchev–Trinajstić information content (AvgIpc) is 2.96. The van der Waals surface area contributed by atoms with Crippen LogP contribution in [0.15, 0.2) is 0 Å². The van der Waals surface area contributed by atoms with Crippen LogP contribution >= 0.6 is 38.4 Å². The summed E-state index contributed by atoms with van der Waals surface area (Å²) >= 11 is 0. The molecule has 6 nitrogen and oxygen atoms in total. The second kappa shape index (κ2) is 9.02. The van der Waals surface area contributed by atoms with Gasteiger partial charge < -0.3 is 19.6 Å². The number of hydrogen-bond donors (Lipinski definition) is 4. The second-order valence-electron chi connectivity index (χ2n) is 4.82. The summed E-state index contributed by atoms with van der Waals surface area (Å²) in [5.41, 5.74) is 0. The molecule has 2 atom stereocenters. The van der Waals surface area contributed by atoms with Gasteiger partial charge in [0.25, 0.3) is 0 Å². The van der Waals surface area contributed by atoms with Crippen LogP contribution < -0.4 is 0 Å². The van der Waals surface area contributed by atoms with Crippen molar-refractivity contribution in [3.8, 4) is 0 Å². The molecule has 0 amide bonds. The predicted octanol–water partition coefficient (Wildman–Crippen LogP) is 3.00. The average molecular weight is 382 g/mol. The summed E-state index contributed by atoms with van der Waals surface area (Å²) in [7, 11) is -4.93. The summed E-state index contributed by atoms with van der Waals surface area (Å²) in [6.07, 6.45) is 7.18. The van der Waals surface area contributed by atoms with Crippen molar-refractivity contribution in [3.05, 3.63) is 0 Å². The van der Waals surface area contributed by atoms with Crippen molar-refractivity contribution in [2.24, 2.45) is 0 Å². The van der Waals surface area contributed by atoms with Gasteiger partial charge in [0.15, 0.2) is 0 Å². The fourth-order valence-corrected chi connectivity index (χ4v) is 14.9. The second-order valence-corrected chi connectivity index (χ2v) is 19.2. The topological polar surface area (TPSA) is 115 Å². The van der Waals surface area contributed by atoms with E-state index < -0.39 is 15.2 Å². The minimum atomic E-state index is -3.94. The maximum Gasteiger partial charge on any atom is 0.325 e. The van der Waals surface area contributed by atoms with Crippen molar-refractivity contribution in [2.45, 2.75) is 19.3 Å². The van der Waals surface area contributed by atoms with Crippen molar-refractivity contribution in [1.82, 2.24) is 0 Å². The third kappa shape index (κ3) is 11.2. The molecule has 120 valence electrons. The van der Waals surface area contributed by atoms with Crippen LogP contribution in [0.25, 0.3) is 0 Å². The molecule has 0 aromatic carbocycles. The first-order valence-electron chi connectivity index (χ1n) is 6.52. The molecule has 20 heavy (non-hydrogen) atoms. The third-order valence-corrected chi connectivity index (χ3v) is 18.1. The van der Waals surface area contributed by atoms with Gasteiger partial charge in [0.05, 0.1) is 0 Å². The standard InChI is InChI=1S/C5H14O6P2.C4H9P3/c6-12(7,8)4-2-1-3-5-13(9,10)11;1-2-7(5-1)6-3-4-6/h1-5H2,(H2,6,7,8)(H2,9,10,11);5H,1-4H2. The SMILES string of the molecule is C1CP(P2CC2)P1.O=P(O)(O)CCCCCP(=O)(O)O. The number of unbranched alkanes of at least 4 members (excludes halogenated alkanes) is 2. The molecule has 0 aromatic heterocycles. The van der Waals surface area contributed by atoms with Gasteiger partial charge in [0, 0.05) is 12.3 Å². The van der Waals surface area contributed by atoms with E-state index in [-0.39, 0.29) is 12.3 Å². The Morgan fingerprint density at radius 3 is 1.50 bits per heavy atom. The Kier molecular flexibility index (Phi) is 8.86. The molecule has 2 fully saturated rings. The fraction of sp³-hybridized carbons (Fsp3) is 1.00. The van der Waals surface area contributed by atoms with E-state index in [9.17, 15) is 9.13 Å². The van der Waals surface area contributed by atoms with Crippen molar-refractivity contribution in [3.63, 3.8) is 0 Å². The van der Waals surface area contributed by atoms with E-state index in [2.05, 4.69) is 0 Å². The first-order valence-corrected chi connectivity index (χ1v) is 16.1. The van der Waals surface area contributed by atoms with Crippen LogP contribution in [0.4, 0.5) is 0 Å². The monoisotopic (exact) mass is 382 g/mol. The molecule has 2 aliphatic rings. The van der Waals surface area contributed by atoms with E-state index in [1.807, 2.05) is 0 Å². The van der Waals surface area contributed by atoms with Crippen LogP contribution in [0.3, 0.4) is 0 Å². The normalized spacial score (nSPS) is 23.9. The van der Waals surface area contributed by atoms with Gasteiger partial charge in [-0.2, -0.15) is 0 Å². The third-order valence-electron chi connectivity index (χ3n) is 2.78. The zero-order valence-electron chi connectivity index (χ0n) is 11.3. The van der Waals surface area contributed by atoms with Gasteiger partial charge >= 0.3 is 15.2 Å². The Morgan fingerprint density at radius 1 is 0.850 bits per heavy atom. The number of rotatable bonds is 7. The lowest BCUT2D eigenvalue weighted by Crippen LogP contribution is -1.91. The van der Waals surface area contributed by atoms with Crippen LogP contribution in [-0.4, -0.2) is 56.5 Å². The van der Waals surface area contributed by atoms with E-state index >= 15 is 0 Å². The van der Waals surface area contributed by atoms with Gasteiger partial charge in [-0.25, -0.2) is 0 Å². The van der Waals surface area contributed by atoms with Crippen molar-refractivity contribution in [1.29, 1.82) is 0 Å². The molecule has 0 saturated carbocycles. The summed E-state index contributed by atoms with van der Waals surface area (Å²) in [4.78, 5) is 33.7. The quantitative estimate of drug-likeness (QED) is 0.398. The Balaban J connectivity index is 0.000000233. The molecule has 2 rings (SSSR count). The van der Waals surface area contributed by atoms with E-state index in [1.165, 1.54) is 8.27 Å². The molecule has 2 saturated heterocycles. The van der Waals surface area contributed by atoms with Crippen LogP contribution in [0, 0.1) is 0 Å². The van der Waals surface area contributed by atoms with Crippen LogP contribution in [0.5, 0.6) is 0 Å². The molecule has 0 spiro atoms. The Hall–Kier alpha value is 1.59. The summed E-state index contributed by atoms with van der Waals surface area (Å²) in [6, 6.07) is 0. The summed E-state index contributed by atoms with van der Waals surface area (Å²) in [5.74, 6) is 0. The summed E-state index contributed by atoms with van der Waals surface area (Å²) in [6.45, 7) is 0. The van der Waals surface area contributed by atoms with Crippen molar-refractivity contribution >= 4 is 38.4 Å². The van der Waals surface area contributed by atoms with E-state index in [0.717, 1.165) is 14.9 Å². The largest absolute Gasteiger partial charge is 0.325 e. The molecule has 0 bridgehead atoms. The molecule has 2 heterocycles. The highest BCUT2D eigenvalue weighted by molar-refractivity contribution is 8.60. The highest BCUT2D eigenvalue weighted by Gasteiger charge is 2.33. The highest BCUT2D eigenvalue weighted by Crippen LogP contribution is 2.90. The molecule has 11 heteroatoms. The van der Waals surface area contributed by atoms with Crippen LogP contribution in [0.1, 0.15) is 19.3 Å². The summed E-state index contributed by atoms with van der Waals surface area (Å²) in [5, 5.41) is 0. The first-order chi connectivity index (χ1) is 9.17. The Labute approximate surface area is 123 Å². The predicted molar refractivity (Wildman–Crippen MR) is 89.3 cm³/mol. The van der Waals surface area contributed by atoms with Crippen molar-refractivity contribution < 1.29 is 28.7 Å². The zero-order chi connectivity index (χ0) is 15.2. The highest BCUT2D eigenvalue weighted by atomic mass is 32.5. The molecule has 0 radical (unpaired) electrons. The van der Waals surface area contributed by atoms with Gasteiger partial charge in [-0.1, -0.05) is 29.6 Å². The molecule has 2 aliphatic heterocycles. The number of hydrogen-bond acceptors (Lipinski definition) is 2. The Bertz CT molecular complexity index is 347. The van der Waals surface area contributed by atoms with Crippen LogP contribution in [-0.2, 0) is 9.13 Å². The van der Waals surface area contributed by atoms with Gasteiger partial charge in [-0.3, -0.25) is 9.13 Å². The molecule has 0 aliphatic carbocycles. The maximum absolute atomic E-state index is 10.3.